The molecule has 0 radical (unpaired) electrons. The van der Waals surface area contributed by atoms with E-state index in [-0.39, 0.29) is 5.92 Å². The highest BCUT2D eigenvalue weighted by molar-refractivity contribution is 5.79. The van der Waals surface area contributed by atoms with Gasteiger partial charge < -0.3 is 10.0 Å². The Morgan fingerprint density at radius 1 is 1.37 bits per heavy atom. The van der Waals surface area contributed by atoms with E-state index in [4.69, 9.17) is 0 Å². The Morgan fingerprint density at radius 3 is 2.84 bits per heavy atom. The maximum Gasteiger partial charge on any atom is 0.326 e. The van der Waals surface area contributed by atoms with Crippen molar-refractivity contribution in [3.05, 3.63) is 17.6 Å². The SMILES string of the molecule is Cc1ncc(N2CC3CCCC3C2C(=O)O)nc1C. The molecule has 0 amide bonds. The molecule has 1 saturated heterocycles. The molecule has 3 rings (SSSR count). The Labute approximate surface area is 112 Å². The van der Waals surface area contributed by atoms with Crippen LogP contribution in [-0.2, 0) is 4.79 Å². The zero-order valence-corrected chi connectivity index (χ0v) is 11.3. The molecule has 2 fully saturated rings. The van der Waals surface area contributed by atoms with Crippen molar-refractivity contribution in [1.29, 1.82) is 0 Å². The second-order valence-electron chi connectivity index (χ2n) is 5.69. The topological polar surface area (TPSA) is 66.3 Å². The number of aliphatic carboxylic acids is 1. The molecular weight excluding hydrogens is 242 g/mol. The van der Waals surface area contributed by atoms with Crippen LogP contribution >= 0.6 is 0 Å². The Hall–Kier alpha value is -1.65. The summed E-state index contributed by atoms with van der Waals surface area (Å²) in [5, 5.41) is 9.53. The number of aromatic nitrogens is 2. The largest absolute Gasteiger partial charge is 0.480 e. The van der Waals surface area contributed by atoms with Gasteiger partial charge in [0.15, 0.2) is 0 Å². The lowest BCUT2D eigenvalue weighted by Gasteiger charge is -2.25. The van der Waals surface area contributed by atoms with Crippen molar-refractivity contribution in [2.45, 2.75) is 39.2 Å². The normalized spacial score (nSPS) is 29.6. The molecule has 5 heteroatoms. The summed E-state index contributed by atoms with van der Waals surface area (Å²) in [7, 11) is 0. The zero-order chi connectivity index (χ0) is 13.6. The first-order valence-corrected chi connectivity index (χ1v) is 6.87. The van der Waals surface area contributed by atoms with E-state index < -0.39 is 12.0 Å². The van der Waals surface area contributed by atoms with E-state index >= 15 is 0 Å². The summed E-state index contributed by atoms with van der Waals surface area (Å²) in [6, 6.07) is -0.427. The molecule has 2 aliphatic rings. The van der Waals surface area contributed by atoms with E-state index in [1.54, 1.807) is 6.20 Å². The standard InChI is InChI=1S/C14H19N3O2/c1-8-9(2)16-12(6-15-8)17-7-10-4-3-5-11(10)13(17)14(18)19/h6,10-11,13H,3-5,7H2,1-2H3,(H,18,19). The van der Waals surface area contributed by atoms with Gasteiger partial charge in [-0.1, -0.05) is 6.42 Å². The first-order chi connectivity index (χ1) is 9.08. The number of hydrogen-bond acceptors (Lipinski definition) is 4. The van der Waals surface area contributed by atoms with Gasteiger partial charge in [-0.05, 0) is 38.5 Å². The lowest BCUT2D eigenvalue weighted by molar-refractivity contribution is -0.139. The van der Waals surface area contributed by atoms with Gasteiger partial charge in [0.25, 0.3) is 0 Å². The minimum Gasteiger partial charge on any atom is -0.480 e. The third kappa shape index (κ3) is 1.97. The van der Waals surface area contributed by atoms with E-state index in [0.29, 0.717) is 11.7 Å². The molecule has 1 aliphatic heterocycles. The second kappa shape index (κ2) is 4.47. The molecule has 0 bridgehead atoms. The van der Waals surface area contributed by atoms with Gasteiger partial charge in [-0.25, -0.2) is 9.78 Å². The lowest BCUT2D eigenvalue weighted by Crippen LogP contribution is -2.40. The number of hydrogen-bond donors (Lipinski definition) is 1. The fourth-order valence-corrected chi connectivity index (χ4v) is 3.53. The van der Waals surface area contributed by atoms with Gasteiger partial charge in [0, 0.05) is 6.54 Å². The summed E-state index contributed by atoms with van der Waals surface area (Å²) in [5.41, 5.74) is 1.77. The van der Waals surface area contributed by atoms with Gasteiger partial charge in [0.05, 0.1) is 17.6 Å². The van der Waals surface area contributed by atoms with Crippen molar-refractivity contribution in [3.63, 3.8) is 0 Å². The fourth-order valence-electron chi connectivity index (χ4n) is 3.53. The molecule has 5 nitrogen and oxygen atoms in total. The maximum absolute atomic E-state index is 11.6. The van der Waals surface area contributed by atoms with Crippen LogP contribution in [0.3, 0.4) is 0 Å². The van der Waals surface area contributed by atoms with Crippen molar-refractivity contribution in [1.82, 2.24) is 9.97 Å². The van der Waals surface area contributed by atoms with Gasteiger partial charge in [0.1, 0.15) is 11.9 Å². The first kappa shape index (κ1) is 12.4. The van der Waals surface area contributed by atoms with Gasteiger partial charge in [0.2, 0.25) is 0 Å². The van der Waals surface area contributed by atoms with Crippen LogP contribution in [0.4, 0.5) is 5.82 Å². The van der Waals surface area contributed by atoms with Crippen molar-refractivity contribution in [2.75, 3.05) is 11.4 Å². The maximum atomic E-state index is 11.6. The first-order valence-electron chi connectivity index (χ1n) is 6.87. The van der Waals surface area contributed by atoms with Crippen molar-refractivity contribution < 1.29 is 9.90 Å². The summed E-state index contributed by atoms with van der Waals surface area (Å²) >= 11 is 0. The minimum absolute atomic E-state index is 0.279. The molecule has 0 aromatic carbocycles. The minimum atomic E-state index is -0.727. The highest BCUT2D eigenvalue weighted by atomic mass is 16.4. The van der Waals surface area contributed by atoms with E-state index in [1.807, 2.05) is 18.7 Å². The summed E-state index contributed by atoms with van der Waals surface area (Å²) in [6.07, 6.45) is 5.03. The third-order valence-electron chi connectivity index (χ3n) is 4.62. The number of carboxylic acid groups (broad SMARTS) is 1. The quantitative estimate of drug-likeness (QED) is 0.879. The van der Waals surface area contributed by atoms with Crippen LogP contribution in [0.15, 0.2) is 6.20 Å². The molecule has 19 heavy (non-hydrogen) atoms. The molecule has 1 aromatic heterocycles. The number of aryl methyl sites for hydroxylation is 2. The molecule has 3 unspecified atom stereocenters. The van der Waals surface area contributed by atoms with Crippen LogP contribution < -0.4 is 4.90 Å². The monoisotopic (exact) mass is 261 g/mol. The number of fused-ring (bicyclic) bond motifs is 1. The number of anilines is 1. The average Bonchev–Trinajstić information content (AvgIpc) is 2.91. The number of rotatable bonds is 2. The van der Waals surface area contributed by atoms with Gasteiger partial charge in [-0.15, -0.1) is 0 Å². The summed E-state index contributed by atoms with van der Waals surface area (Å²) in [4.78, 5) is 22.4. The van der Waals surface area contributed by atoms with E-state index in [2.05, 4.69) is 9.97 Å². The molecule has 0 spiro atoms. The Bertz CT molecular complexity index is 517. The van der Waals surface area contributed by atoms with Crippen LogP contribution in [-0.4, -0.2) is 33.6 Å². The smallest absolute Gasteiger partial charge is 0.326 e. The highest BCUT2D eigenvalue weighted by Gasteiger charge is 2.48. The molecule has 3 atom stereocenters. The lowest BCUT2D eigenvalue weighted by atomic mass is 9.94. The van der Waals surface area contributed by atoms with Crippen LogP contribution in [0.5, 0.6) is 0 Å². The highest BCUT2D eigenvalue weighted by Crippen LogP contribution is 2.43. The molecule has 1 aliphatic carbocycles. The summed E-state index contributed by atoms with van der Waals surface area (Å²) in [6.45, 7) is 4.64. The summed E-state index contributed by atoms with van der Waals surface area (Å²) < 4.78 is 0. The average molecular weight is 261 g/mol. The number of carbonyl (C=O) groups is 1. The van der Waals surface area contributed by atoms with Gasteiger partial charge in [-0.2, -0.15) is 0 Å². The van der Waals surface area contributed by atoms with Crippen LogP contribution in [0, 0.1) is 25.7 Å². The molecule has 1 N–H and O–H groups in total. The van der Waals surface area contributed by atoms with Crippen LogP contribution in [0.2, 0.25) is 0 Å². The van der Waals surface area contributed by atoms with E-state index in [0.717, 1.165) is 37.2 Å². The van der Waals surface area contributed by atoms with Crippen molar-refractivity contribution in [2.24, 2.45) is 11.8 Å². The van der Waals surface area contributed by atoms with Crippen LogP contribution in [0.25, 0.3) is 0 Å². The molecule has 1 aromatic rings. The molecule has 2 heterocycles. The van der Waals surface area contributed by atoms with Crippen molar-refractivity contribution in [3.8, 4) is 0 Å². The third-order valence-corrected chi connectivity index (χ3v) is 4.62. The fraction of sp³-hybridized carbons (Fsp3) is 0.643. The van der Waals surface area contributed by atoms with Crippen molar-refractivity contribution >= 4 is 11.8 Å². The zero-order valence-electron chi connectivity index (χ0n) is 11.3. The van der Waals surface area contributed by atoms with Gasteiger partial charge in [-0.3, -0.25) is 4.98 Å². The number of carboxylic acids is 1. The second-order valence-corrected chi connectivity index (χ2v) is 5.69. The van der Waals surface area contributed by atoms with Gasteiger partial charge >= 0.3 is 5.97 Å². The molecular formula is C14H19N3O2. The molecule has 1 saturated carbocycles. The Balaban J connectivity index is 1.94. The van der Waals surface area contributed by atoms with E-state index in [1.165, 1.54) is 0 Å². The predicted molar refractivity (Wildman–Crippen MR) is 71.1 cm³/mol. The molecule has 102 valence electrons. The van der Waals surface area contributed by atoms with Crippen LogP contribution in [0.1, 0.15) is 30.7 Å². The predicted octanol–water partition coefficient (Wildman–Crippen LogP) is 1.78. The summed E-state index contributed by atoms with van der Waals surface area (Å²) in [5.74, 6) is 0.768. The van der Waals surface area contributed by atoms with E-state index in [9.17, 15) is 9.90 Å². The Kier molecular flexibility index (Phi) is 2.92. The number of nitrogens with zero attached hydrogens (tertiary/aromatic N) is 3. The Morgan fingerprint density at radius 2 is 2.16 bits per heavy atom.